The molecular weight excluding hydrogens is 348 g/mol. The van der Waals surface area contributed by atoms with Gasteiger partial charge in [-0.2, -0.15) is 0 Å². The predicted molar refractivity (Wildman–Crippen MR) is 87.4 cm³/mol. The van der Waals surface area contributed by atoms with Crippen LogP contribution in [-0.2, 0) is 9.59 Å². The fraction of sp³-hybridized carbons (Fsp3) is 0.500. The lowest BCUT2D eigenvalue weighted by molar-refractivity contribution is -0.135. The Balaban J connectivity index is 1.65. The lowest BCUT2D eigenvalue weighted by Gasteiger charge is -2.30. The predicted octanol–water partition coefficient (Wildman–Crippen LogP) is 2.33. The van der Waals surface area contributed by atoms with Gasteiger partial charge in [-0.05, 0) is 37.5 Å². The van der Waals surface area contributed by atoms with Crippen LogP contribution in [0.15, 0.2) is 28.7 Å². The molecule has 0 aliphatic carbocycles. The first kappa shape index (κ1) is 16.8. The molecule has 0 saturated carbocycles. The van der Waals surface area contributed by atoms with Crippen molar-refractivity contribution in [3.05, 3.63) is 28.7 Å². The molecule has 0 aromatic heterocycles. The van der Waals surface area contributed by atoms with E-state index in [1.54, 1.807) is 0 Å². The number of benzene rings is 1. The smallest absolute Gasteiger partial charge is 0.222 e. The number of piperidine rings is 1. The molecule has 0 unspecified atom stereocenters. The van der Waals surface area contributed by atoms with Crippen LogP contribution < -0.4 is 10.5 Å². The molecular formula is C16H21BrN2O3. The summed E-state index contributed by atoms with van der Waals surface area (Å²) in [6.45, 7) is 1.76. The van der Waals surface area contributed by atoms with Gasteiger partial charge in [0.05, 0.1) is 6.61 Å². The molecule has 22 heavy (non-hydrogen) atoms. The Hall–Kier alpha value is -1.56. The van der Waals surface area contributed by atoms with E-state index >= 15 is 0 Å². The van der Waals surface area contributed by atoms with Crippen LogP contribution in [0, 0.1) is 5.92 Å². The number of nitrogens with two attached hydrogens (primary N) is 1. The van der Waals surface area contributed by atoms with Crippen molar-refractivity contribution in [2.45, 2.75) is 25.7 Å². The maximum atomic E-state index is 12.1. The highest BCUT2D eigenvalue weighted by molar-refractivity contribution is 9.10. The summed E-state index contributed by atoms with van der Waals surface area (Å²) in [4.78, 5) is 25.0. The molecule has 5 nitrogen and oxygen atoms in total. The van der Waals surface area contributed by atoms with E-state index in [4.69, 9.17) is 10.5 Å². The summed E-state index contributed by atoms with van der Waals surface area (Å²) >= 11 is 3.39. The average molecular weight is 369 g/mol. The molecule has 1 saturated heterocycles. The van der Waals surface area contributed by atoms with Crippen molar-refractivity contribution in [2.75, 3.05) is 19.7 Å². The van der Waals surface area contributed by atoms with Crippen LogP contribution in [0.5, 0.6) is 5.75 Å². The molecule has 2 N–H and O–H groups in total. The number of nitrogens with zero attached hydrogens (tertiary/aromatic N) is 1. The number of likely N-dealkylation sites (tertiary alicyclic amines) is 1. The fourth-order valence-corrected chi connectivity index (χ4v) is 2.92. The molecule has 1 aliphatic heterocycles. The minimum absolute atomic E-state index is 0.0797. The Morgan fingerprint density at radius 2 is 2.05 bits per heavy atom. The summed E-state index contributed by atoms with van der Waals surface area (Å²) in [5, 5.41) is 0. The number of carbonyl (C=O) groups is 2. The van der Waals surface area contributed by atoms with Crippen LogP contribution >= 0.6 is 15.9 Å². The van der Waals surface area contributed by atoms with E-state index in [1.165, 1.54) is 0 Å². The lowest BCUT2D eigenvalue weighted by Crippen LogP contribution is -2.41. The molecule has 2 rings (SSSR count). The Labute approximate surface area is 138 Å². The minimum atomic E-state index is -0.255. The number of rotatable bonds is 6. The first-order valence-electron chi connectivity index (χ1n) is 7.51. The second-order valence-corrected chi connectivity index (χ2v) is 6.38. The summed E-state index contributed by atoms with van der Waals surface area (Å²) in [6.07, 6.45) is 2.50. The molecule has 0 radical (unpaired) electrons. The number of carbonyl (C=O) groups excluding carboxylic acids is 2. The highest BCUT2D eigenvalue weighted by Crippen LogP contribution is 2.19. The molecule has 0 bridgehead atoms. The number of ether oxygens (including phenoxy) is 1. The van der Waals surface area contributed by atoms with E-state index in [1.807, 2.05) is 29.2 Å². The number of hydrogen-bond acceptors (Lipinski definition) is 3. The summed E-state index contributed by atoms with van der Waals surface area (Å²) in [6, 6.07) is 7.64. The first-order valence-corrected chi connectivity index (χ1v) is 8.31. The van der Waals surface area contributed by atoms with Crippen molar-refractivity contribution >= 4 is 27.7 Å². The summed E-state index contributed by atoms with van der Waals surface area (Å²) in [5.74, 6) is 0.586. The molecule has 1 aliphatic rings. The van der Waals surface area contributed by atoms with Gasteiger partial charge >= 0.3 is 0 Å². The molecule has 0 spiro atoms. The lowest BCUT2D eigenvalue weighted by atomic mass is 9.96. The standard InChI is InChI=1S/C16H21BrN2O3/c17-13-3-1-4-14(11-13)22-10-2-5-15(20)19-8-6-12(7-9-19)16(18)21/h1,3-4,11-12H,2,5-10H2,(H2,18,21). The van der Waals surface area contributed by atoms with Gasteiger partial charge in [-0.3, -0.25) is 9.59 Å². The van der Waals surface area contributed by atoms with Gasteiger partial charge in [-0.15, -0.1) is 0 Å². The van der Waals surface area contributed by atoms with Crippen molar-refractivity contribution in [3.63, 3.8) is 0 Å². The van der Waals surface area contributed by atoms with E-state index < -0.39 is 0 Å². The number of primary amides is 1. The molecule has 120 valence electrons. The third-order valence-electron chi connectivity index (χ3n) is 3.85. The van der Waals surface area contributed by atoms with Crippen LogP contribution in [0.2, 0.25) is 0 Å². The fourth-order valence-electron chi connectivity index (χ4n) is 2.54. The zero-order chi connectivity index (χ0) is 15.9. The van der Waals surface area contributed by atoms with Gasteiger partial charge in [-0.25, -0.2) is 0 Å². The van der Waals surface area contributed by atoms with Gasteiger partial charge in [0, 0.05) is 29.9 Å². The monoisotopic (exact) mass is 368 g/mol. The van der Waals surface area contributed by atoms with Gasteiger partial charge in [-0.1, -0.05) is 22.0 Å². The molecule has 1 fully saturated rings. The molecule has 1 aromatic rings. The molecule has 6 heteroatoms. The Morgan fingerprint density at radius 3 is 2.68 bits per heavy atom. The molecule has 2 amide bonds. The second-order valence-electron chi connectivity index (χ2n) is 5.47. The number of hydrogen-bond donors (Lipinski definition) is 1. The first-order chi connectivity index (χ1) is 10.6. The van der Waals surface area contributed by atoms with E-state index in [-0.39, 0.29) is 17.7 Å². The van der Waals surface area contributed by atoms with Crippen molar-refractivity contribution in [1.29, 1.82) is 0 Å². The maximum Gasteiger partial charge on any atom is 0.222 e. The highest BCUT2D eigenvalue weighted by Gasteiger charge is 2.25. The van der Waals surface area contributed by atoms with Crippen LogP contribution in [0.1, 0.15) is 25.7 Å². The summed E-state index contributed by atoms with van der Waals surface area (Å²) in [7, 11) is 0. The third-order valence-corrected chi connectivity index (χ3v) is 4.34. The third kappa shape index (κ3) is 5.02. The van der Waals surface area contributed by atoms with Crippen LogP contribution in [0.4, 0.5) is 0 Å². The van der Waals surface area contributed by atoms with Crippen LogP contribution in [0.3, 0.4) is 0 Å². The van der Waals surface area contributed by atoms with Gasteiger partial charge in [0.25, 0.3) is 0 Å². The molecule has 1 aromatic carbocycles. The number of halogens is 1. The van der Waals surface area contributed by atoms with Crippen LogP contribution in [0.25, 0.3) is 0 Å². The van der Waals surface area contributed by atoms with E-state index in [2.05, 4.69) is 15.9 Å². The van der Waals surface area contributed by atoms with Crippen molar-refractivity contribution in [3.8, 4) is 5.75 Å². The minimum Gasteiger partial charge on any atom is -0.494 e. The SMILES string of the molecule is NC(=O)C1CCN(C(=O)CCCOc2cccc(Br)c2)CC1. The Kier molecular flexibility index (Phi) is 6.24. The Bertz CT molecular complexity index is 528. The molecule has 0 atom stereocenters. The summed E-state index contributed by atoms with van der Waals surface area (Å²) in [5.41, 5.74) is 5.29. The van der Waals surface area contributed by atoms with Gasteiger partial charge in [0.2, 0.25) is 11.8 Å². The van der Waals surface area contributed by atoms with Crippen molar-refractivity contribution in [1.82, 2.24) is 4.90 Å². The van der Waals surface area contributed by atoms with Gasteiger partial charge in [0.1, 0.15) is 5.75 Å². The second kappa shape index (κ2) is 8.17. The average Bonchev–Trinajstić information content (AvgIpc) is 2.51. The zero-order valence-electron chi connectivity index (χ0n) is 12.5. The Morgan fingerprint density at radius 1 is 1.32 bits per heavy atom. The van der Waals surface area contributed by atoms with Crippen molar-refractivity contribution in [2.24, 2.45) is 11.7 Å². The zero-order valence-corrected chi connectivity index (χ0v) is 14.0. The summed E-state index contributed by atoms with van der Waals surface area (Å²) < 4.78 is 6.58. The van der Waals surface area contributed by atoms with Crippen LogP contribution in [-0.4, -0.2) is 36.4 Å². The molecule has 1 heterocycles. The van der Waals surface area contributed by atoms with E-state index in [9.17, 15) is 9.59 Å². The highest BCUT2D eigenvalue weighted by atomic mass is 79.9. The van der Waals surface area contributed by atoms with E-state index in [0.717, 1.165) is 10.2 Å². The van der Waals surface area contributed by atoms with Gasteiger partial charge < -0.3 is 15.4 Å². The topological polar surface area (TPSA) is 72.6 Å². The van der Waals surface area contributed by atoms with E-state index in [0.29, 0.717) is 45.4 Å². The van der Waals surface area contributed by atoms with Crippen molar-refractivity contribution < 1.29 is 14.3 Å². The maximum absolute atomic E-state index is 12.1. The number of amides is 2. The normalized spacial score (nSPS) is 15.6. The van der Waals surface area contributed by atoms with Gasteiger partial charge in [0.15, 0.2) is 0 Å². The largest absolute Gasteiger partial charge is 0.494 e. The quantitative estimate of drug-likeness (QED) is 0.783.